The minimum atomic E-state index is -0.544. The highest BCUT2D eigenvalue weighted by Gasteiger charge is 2.06. The average Bonchev–Trinajstić information content (AvgIpc) is 2.46. The lowest BCUT2D eigenvalue weighted by atomic mass is 10.1. The Morgan fingerprint density at radius 2 is 1.67 bits per heavy atom. The molecule has 120 valence electrons. The molecular formula is C15H23ClO5. The third-order valence-corrected chi connectivity index (χ3v) is 3.02. The first-order valence-electron chi connectivity index (χ1n) is 6.90. The number of aliphatic hydroxyl groups is 1. The summed E-state index contributed by atoms with van der Waals surface area (Å²) in [7, 11) is 1.63. The molecule has 0 aliphatic heterocycles. The monoisotopic (exact) mass is 318 g/mol. The molecule has 0 aromatic heterocycles. The van der Waals surface area contributed by atoms with Crippen molar-refractivity contribution in [3.8, 4) is 5.75 Å². The molecule has 5 nitrogen and oxygen atoms in total. The van der Waals surface area contributed by atoms with Gasteiger partial charge >= 0.3 is 0 Å². The number of hydrogen-bond donors (Lipinski definition) is 1. The van der Waals surface area contributed by atoms with E-state index in [-0.39, 0.29) is 0 Å². The van der Waals surface area contributed by atoms with Crippen LogP contribution in [0.4, 0.5) is 0 Å². The van der Waals surface area contributed by atoms with Crippen LogP contribution in [0.5, 0.6) is 5.75 Å². The van der Waals surface area contributed by atoms with Crippen LogP contribution in [0.15, 0.2) is 18.2 Å². The van der Waals surface area contributed by atoms with Gasteiger partial charge in [-0.3, -0.25) is 0 Å². The predicted octanol–water partition coefficient (Wildman–Crippen LogP) is 2.45. The van der Waals surface area contributed by atoms with E-state index < -0.39 is 6.10 Å². The Morgan fingerprint density at radius 1 is 1.05 bits per heavy atom. The Balaban J connectivity index is 2.13. The molecule has 0 aliphatic carbocycles. The first-order valence-corrected chi connectivity index (χ1v) is 7.27. The van der Waals surface area contributed by atoms with Crippen LogP contribution in [-0.4, -0.2) is 51.9 Å². The maximum Gasteiger partial charge on any atom is 0.138 e. The molecule has 1 N–H and O–H groups in total. The van der Waals surface area contributed by atoms with Crippen molar-refractivity contribution in [3.63, 3.8) is 0 Å². The number of benzene rings is 1. The highest BCUT2D eigenvalue weighted by molar-refractivity contribution is 6.32. The molecule has 0 amide bonds. The molecular weight excluding hydrogens is 296 g/mol. The molecule has 0 unspecified atom stereocenters. The van der Waals surface area contributed by atoms with E-state index in [1.54, 1.807) is 32.2 Å². The number of halogens is 1. The van der Waals surface area contributed by atoms with E-state index in [2.05, 4.69) is 0 Å². The van der Waals surface area contributed by atoms with Gasteiger partial charge in [0.2, 0.25) is 0 Å². The number of methoxy groups -OCH3 is 1. The number of ether oxygens (including phenoxy) is 4. The van der Waals surface area contributed by atoms with Crippen molar-refractivity contribution in [3.05, 3.63) is 28.8 Å². The van der Waals surface area contributed by atoms with Crippen molar-refractivity contribution < 1.29 is 24.1 Å². The Kier molecular flexibility index (Phi) is 9.37. The van der Waals surface area contributed by atoms with Crippen LogP contribution in [0.2, 0.25) is 5.02 Å². The van der Waals surface area contributed by atoms with E-state index in [1.165, 1.54) is 0 Å². The lowest BCUT2D eigenvalue weighted by Gasteiger charge is -2.11. The summed E-state index contributed by atoms with van der Waals surface area (Å²) in [5, 5.41) is 9.93. The maximum absolute atomic E-state index is 9.45. The molecule has 0 saturated heterocycles. The number of aliphatic hydroxyl groups excluding tert-OH is 1. The number of rotatable bonds is 11. The van der Waals surface area contributed by atoms with Crippen LogP contribution in [0.3, 0.4) is 0 Å². The molecule has 6 heteroatoms. The lowest BCUT2D eigenvalue weighted by Crippen LogP contribution is -2.12. The zero-order valence-electron chi connectivity index (χ0n) is 12.5. The molecule has 0 spiro atoms. The molecule has 1 atom stereocenters. The van der Waals surface area contributed by atoms with Gasteiger partial charge in [0.1, 0.15) is 12.4 Å². The standard InChI is InChI=1S/C15H23ClO5/c1-12(17)13-3-4-15(14(16)11-13)21-10-9-20-8-7-19-6-5-18-2/h3-4,11-12,17H,5-10H2,1-2H3/t12-/m1/s1. The van der Waals surface area contributed by atoms with E-state index in [0.717, 1.165) is 5.56 Å². The lowest BCUT2D eigenvalue weighted by molar-refractivity contribution is 0.0180. The second-order valence-electron chi connectivity index (χ2n) is 4.43. The van der Waals surface area contributed by atoms with Crippen molar-refractivity contribution in [2.24, 2.45) is 0 Å². The zero-order chi connectivity index (χ0) is 15.5. The second kappa shape index (κ2) is 10.8. The largest absolute Gasteiger partial charge is 0.490 e. The minimum Gasteiger partial charge on any atom is -0.490 e. The SMILES string of the molecule is COCCOCCOCCOc1ccc([C@@H](C)O)cc1Cl. The molecule has 0 aliphatic rings. The van der Waals surface area contributed by atoms with Gasteiger partial charge in [0.25, 0.3) is 0 Å². The van der Waals surface area contributed by atoms with Gasteiger partial charge < -0.3 is 24.1 Å². The van der Waals surface area contributed by atoms with Crippen LogP contribution in [-0.2, 0) is 14.2 Å². The summed E-state index contributed by atoms with van der Waals surface area (Å²) in [5.74, 6) is 0.584. The Bertz CT molecular complexity index is 398. The Morgan fingerprint density at radius 3 is 2.24 bits per heavy atom. The highest BCUT2D eigenvalue weighted by atomic mass is 35.5. The summed E-state index contributed by atoms with van der Waals surface area (Å²) in [5.41, 5.74) is 0.761. The quantitative estimate of drug-likeness (QED) is 0.635. The fourth-order valence-corrected chi connectivity index (χ4v) is 1.81. The van der Waals surface area contributed by atoms with Gasteiger partial charge in [0.05, 0.1) is 44.2 Å². The van der Waals surface area contributed by atoms with Crippen LogP contribution in [0, 0.1) is 0 Å². The van der Waals surface area contributed by atoms with E-state index in [1.807, 2.05) is 0 Å². The van der Waals surface area contributed by atoms with Crippen molar-refractivity contribution >= 4 is 11.6 Å². The van der Waals surface area contributed by atoms with E-state index >= 15 is 0 Å². The smallest absolute Gasteiger partial charge is 0.138 e. The van der Waals surface area contributed by atoms with Gasteiger partial charge in [-0.25, -0.2) is 0 Å². The van der Waals surface area contributed by atoms with Crippen molar-refractivity contribution in [2.75, 3.05) is 46.8 Å². The Hall–Kier alpha value is -0.850. The maximum atomic E-state index is 9.45. The Labute approximate surface area is 130 Å². The predicted molar refractivity (Wildman–Crippen MR) is 81.1 cm³/mol. The van der Waals surface area contributed by atoms with Gasteiger partial charge in [-0.15, -0.1) is 0 Å². The van der Waals surface area contributed by atoms with Crippen molar-refractivity contribution in [2.45, 2.75) is 13.0 Å². The third-order valence-electron chi connectivity index (χ3n) is 2.73. The molecule has 0 heterocycles. The second-order valence-corrected chi connectivity index (χ2v) is 4.84. The van der Waals surface area contributed by atoms with Crippen molar-refractivity contribution in [1.82, 2.24) is 0 Å². The topological polar surface area (TPSA) is 57.2 Å². The van der Waals surface area contributed by atoms with Gasteiger partial charge in [-0.1, -0.05) is 17.7 Å². The normalized spacial score (nSPS) is 12.4. The third kappa shape index (κ3) is 7.64. The molecule has 0 fully saturated rings. The number of hydrogen-bond acceptors (Lipinski definition) is 5. The summed E-state index contributed by atoms with van der Waals surface area (Å²) in [4.78, 5) is 0. The summed E-state index contributed by atoms with van der Waals surface area (Å²) >= 11 is 6.08. The van der Waals surface area contributed by atoms with Crippen LogP contribution >= 0.6 is 11.6 Å². The van der Waals surface area contributed by atoms with Crippen molar-refractivity contribution in [1.29, 1.82) is 0 Å². The van der Waals surface area contributed by atoms with E-state index in [9.17, 15) is 5.11 Å². The first-order chi connectivity index (χ1) is 10.1. The van der Waals surface area contributed by atoms with Crippen LogP contribution in [0.1, 0.15) is 18.6 Å². The summed E-state index contributed by atoms with van der Waals surface area (Å²) < 4.78 is 21.0. The van der Waals surface area contributed by atoms with Gasteiger partial charge in [-0.05, 0) is 24.6 Å². The first kappa shape index (κ1) is 18.2. The summed E-state index contributed by atoms with van der Waals surface area (Å²) in [6.07, 6.45) is -0.544. The minimum absolute atomic E-state index is 0.409. The van der Waals surface area contributed by atoms with Gasteiger partial charge in [0.15, 0.2) is 0 Å². The molecule has 0 radical (unpaired) electrons. The molecule has 0 bridgehead atoms. The van der Waals surface area contributed by atoms with Crippen LogP contribution < -0.4 is 4.74 Å². The molecule has 0 saturated carbocycles. The van der Waals surface area contributed by atoms with E-state index in [0.29, 0.717) is 50.4 Å². The molecule has 1 rings (SSSR count). The van der Waals surface area contributed by atoms with Crippen LogP contribution in [0.25, 0.3) is 0 Å². The van der Waals surface area contributed by atoms with Gasteiger partial charge in [0, 0.05) is 7.11 Å². The fraction of sp³-hybridized carbons (Fsp3) is 0.600. The summed E-state index contributed by atoms with van der Waals surface area (Å²) in [6, 6.07) is 5.24. The highest BCUT2D eigenvalue weighted by Crippen LogP contribution is 2.27. The fourth-order valence-electron chi connectivity index (χ4n) is 1.57. The molecule has 21 heavy (non-hydrogen) atoms. The molecule has 1 aromatic carbocycles. The zero-order valence-corrected chi connectivity index (χ0v) is 13.3. The average molecular weight is 319 g/mol. The van der Waals surface area contributed by atoms with Gasteiger partial charge in [-0.2, -0.15) is 0 Å². The van der Waals surface area contributed by atoms with E-state index in [4.69, 9.17) is 30.5 Å². The molecule has 1 aromatic rings. The summed E-state index contributed by atoms with van der Waals surface area (Å²) in [6.45, 7) is 4.77.